The fourth-order valence-corrected chi connectivity index (χ4v) is 2.03. The molecular weight excluding hydrogens is 230 g/mol. The van der Waals surface area contributed by atoms with Crippen LogP contribution in [0.5, 0.6) is 0 Å². The van der Waals surface area contributed by atoms with E-state index in [1.165, 1.54) is 0 Å². The molecular formula is C14H13NO3. The van der Waals surface area contributed by atoms with Crippen molar-refractivity contribution in [3.05, 3.63) is 29.3 Å². The van der Waals surface area contributed by atoms with E-state index in [1.807, 2.05) is 18.2 Å². The molecule has 0 spiro atoms. The van der Waals surface area contributed by atoms with Gasteiger partial charge in [0.1, 0.15) is 6.42 Å². The normalized spacial score (nSPS) is 12.6. The van der Waals surface area contributed by atoms with Crippen LogP contribution in [-0.4, -0.2) is 23.5 Å². The molecule has 1 aromatic carbocycles. The maximum absolute atomic E-state index is 11.4. The zero-order valence-electron chi connectivity index (χ0n) is 10.1. The fraction of sp³-hybridized carbons (Fsp3) is 0.286. The van der Waals surface area contributed by atoms with E-state index in [4.69, 9.17) is 5.11 Å². The van der Waals surface area contributed by atoms with Gasteiger partial charge in [0.2, 0.25) is 5.91 Å². The van der Waals surface area contributed by atoms with Crippen LogP contribution in [0.2, 0.25) is 0 Å². The Bertz CT molecular complexity index is 566. The number of hydrogen-bond donors (Lipinski definition) is 1. The van der Waals surface area contributed by atoms with Gasteiger partial charge < -0.3 is 10.0 Å². The molecule has 1 N–H and O–H groups in total. The molecule has 0 fully saturated rings. The van der Waals surface area contributed by atoms with Gasteiger partial charge >= 0.3 is 5.97 Å². The lowest BCUT2D eigenvalue weighted by Gasteiger charge is -2.14. The molecule has 4 heteroatoms. The summed E-state index contributed by atoms with van der Waals surface area (Å²) in [5, 5.41) is 8.50. The Labute approximate surface area is 105 Å². The monoisotopic (exact) mass is 243 g/mol. The first-order chi connectivity index (χ1) is 8.58. The molecule has 1 aliphatic heterocycles. The maximum atomic E-state index is 11.4. The van der Waals surface area contributed by atoms with Gasteiger partial charge in [-0.2, -0.15) is 0 Å². The van der Waals surface area contributed by atoms with E-state index in [0.29, 0.717) is 6.54 Å². The van der Waals surface area contributed by atoms with E-state index in [0.717, 1.165) is 23.2 Å². The lowest BCUT2D eigenvalue weighted by molar-refractivity contribution is -0.135. The minimum atomic E-state index is -0.925. The van der Waals surface area contributed by atoms with Gasteiger partial charge in [-0.3, -0.25) is 9.59 Å². The fourth-order valence-electron chi connectivity index (χ4n) is 2.03. The van der Waals surface area contributed by atoms with Gasteiger partial charge in [-0.15, -0.1) is 0 Å². The van der Waals surface area contributed by atoms with Crippen LogP contribution in [0.25, 0.3) is 0 Å². The predicted octanol–water partition coefficient (Wildman–Crippen LogP) is 1.42. The smallest absolute Gasteiger partial charge is 0.315 e. The maximum Gasteiger partial charge on any atom is 0.315 e. The highest BCUT2D eigenvalue weighted by Gasteiger charge is 2.21. The molecule has 4 nitrogen and oxygen atoms in total. The summed E-state index contributed by atoms with van der Waals surface area (Å²) in [7, 11) is 0. The summed E-state index contributed by atoms with van der Waals surface area (Å²) in [4.78, 5) is 23.5. The third kappa shape index (κ3) is 2.51. The zero-order valence-corrected chi connectivity index (χ0v) is 10.1. The first kappa shape index (κ1) is 12.2. The number of fused-ring (bicyclic) bond motifs is 1. The molecule has 1 aromatic rings. The van der Waals surface area contributed by atoms with Crippen LogP contribution in [0.3, 0.4) is 0 Å². The van der Waals surface area contributed by atoms with Gasteiger partial charge in [-0.25, -0.2) is 0 Å². The zero-order chi connectivity index (χ0) is 13.1. The molecule has 0 saturated carbocycles. The average Bonchev–Trinajstić information content (AvgIpc) is 2.71. The topological polar surface area (TPSA) is 57.6 Å². The first-order valence-corrected chi connectivity index (χ1v) is 5.69. The summed E-state index contributed by atoms with van der Waals surface area (Å²) < 4.78 is 0. The largest absolute Gasteiger partial charge is 0.481 e. The predicted molar refractivity (Wildman–Crippen MR) is 67.3 cm³/mol. The minimum absolute atomic E-state index is 0.0402. The Hall–Kier alpha value is -2.28. The van der Waals surface area contributed by atoms with E-state index in [9.17, 15) is 9.59 Å². The summed E-state index contributed by atoms with van der Waals surface area (Å²) in [5.41, 5.74) is 2.82. The van der Waals surface area contributed by atoms with E-state index >= 15 is 0 Å². The van der Waals surface area contributed by atoms with Crippen LogP contribution in [0.4, 0.5) is 5.69 Å². The number of carbonyl (C=O) groups excluding carboxylic acids is 1. The van der Waals surface area contributed by atoms with Crippen molar-refractivity contribution < 1.29 is 14.7 Å². The second kappa shape index (κ2) is 4.92. The molecule has 1 aliphatic rings. The number of rotatable bonds is 1. The summed E-state index contributed by atoms with van der Waals surface area (Å²) in [6, 6.07) is 5.61. The molecule has 0 bridgehead atoms. The van der Waals surface area contributed by atoms with Crippen molar-refractivity contribution in [1.82, 2.24) is 0 Å². The second-order valence-electron chi connectivity index (χ2n) is 4.14. The van der Waals surface area contributed by atoms with E-state index in [2.05, 4.69) is 11.8 Å². The van der Waals surface area contributed by atoms with Gasteiger partial charge in [-0.1, -0.05) is 11.8 Å². The van der Waals surface area contributed by atoms with Gasteiger partial charge in [-0.05, 0) is 30.2 Å². The second-order valence-corrected chi connectivity index (χ2v) is 4.14. The van der Waals surface area contributed by atoms with Crippen LogP contribution < -0.4 is 4.90 Å². The molecule has 1 amide bonds. The number of anilines is 1. The number of carboxylic acid groups (broad SMARTS) is 1. The number of aliphatic carboxylic acids is 1. The Kier molecular flexibility index (Phi) is 3.33. The van der Waals surface area contributed by atoms with Crippen molar-refractivity contribution in [2.24, 2.45) is 0 Å². The van der Waals surface area contributed by atoms with Crippen molar-refractivity contribution in [1.29, 1.82) is 0 Å². The van der Waals surface area contributed by atoms with Crippen LogP contribution >= 0.6 is 0 Å². The van der Waals surface area contributed by atoms with Gasteiger partial charge in [0.05, 0.1) is 0 Å². The molecule has 0 aliphatic carbocycles. The molecule has 2 rings (SSSR count). The molecule has 1 heterocycles. The SMILES string of the molecule is CC(=O)N1CCc2cc(C#CCC(=O)O)ccc21. The van der Waals surface area contributed by atoms with Crippen molar-refractivity contribution in [2.45, 2.75) is 19.8 Å². The van der Waals surface area contributed by atoms with Gasteiger partial charge in [0.15, 0.2) is 0 Å². The number of hydrogen-bond acceptors (Lipinski definition) is 2. The van der Waals surface area contributed by atoms with Gasteiger partial charge in [0.25, 0.3) is 0 Å². The summed E-state index contributed by atoms with van der Waals surface area (Å²) in [6.45, 7) is 2.26. The molecule has 0 aromatic heterocycles. The molecule has 0 radical (unpaired) electrons. The van der Waals surface area contributed by atoms with E-state index < -0.39 is 5.97 Å². The Balaban J connectivity index is 2.21. The third-order valence-electron chi connectivity index (χ3n) is 2.83. The third-order valence-corrected chi connectivity index (χ3v) is 2.83. The lowest BCUT2D eigenvalue weighted by atomic mass is 10.1. The first-order valence-electron chi connectivity index (χ1n) is 5.69. The number of carboxylic acids is 1. The minimum Gasteiger partial charge on any atom is -0.481 e. The Morgan fingerprint density at radius 3 is 2.89 bits per heavy atom. The molecule has 0 saturated heterocycles. The van der Waals surface area contributed by atoms with Crippen LogP contribution in [0.1, 0.15) is 24.5 Å². The van der Waals surface area contributed by atoms with Crippen LogP contribution in [-0.2, 0) is 16.0 Å². The highest BCUT2D eigenvalue weighted by atomic mass is 16.4. The Morgan fingerprint density at radius 2 is 2.22 bits per heavy atom. The molecule has 92 valence electrons. The number of carbonyl (C=O) groups is 2. The van der Waals surface area contributed by atoms with Crippen LogP contribution in [0, 0.1) is 11.8 Å². The average molecular weight is 243 g/mol. The lowest BCUT2D eigenvalue weighted by Crippen LogP contribution is -2.25. The summed E-state index contributed by atoms with van der Waals surface area (Å²) in [6.07, 6.45) is 0.667. The van der Waals surface area contributed by atoms with Crippen molar-refractivity contribution in [3.63, 3.8) is 0 Å². The number of benzene rings is 1. The van der Waals surface area contributed by atoms with Crippen molar-refractivity contribution in [2.75, 3.05) is 11.4 Å². The van der Waals surface area contributed by atoms with Gasteiger partial charge in [0, 0.05) is 24.7 Å². The molecule has 0 atom stereocenters. The highest BCUT2D eigenvalue weighted by Crippen LogP contribution is 2.28. The van der Waals surface area contributed by atoms with E-state index in [1.54, 1.807) is 11.8 Å². The Morgan fingerprint density at radius 1 is 1.44 bits per heavy atom. The highest BCUT2D eigenvalue weighted by molar-refractivity contribution is 5.93. The van der Waals surface area contributed by atoms with Crippen molar-refractivity contribution in [3.8, 4) is 11.8 Å². The quantitative estimate of drug-likeness (QED) is 0.759. The standard InChI is InChI=1S/C14H13NO3/c1-10(16)15-8-7-12-9-11(5-6-13(12)15)3-2-4-14(17)18/h5-6,9H,4,7-8H2,1H3,(H,17,18). The van der Waals surface area contributed by atoms with Crippen molar-refractivity contribution >= 4 is 17.6 Å². The van der Waals surface area contributed by atoms with E-state index in [-0.39, 0.29) is 12.3 Å². The number of nitrogens with zero attached hydrogens (tertiary/aromatic N) is 1. The van der Waals surface area contributed by atoms with Crippen LogP contribution in [0.15, 0.2) is 18.2 Å². The number of amides is 1. The molecule has 18 heavy (non-hydrogen) atoms. The summed E-state index contributed by atoms with van der Waals surface area (Å²) in [5.74, 6) is 4.53. The molecule has 0 unspecified atom stereocenters. The summed E-state index contributed by atoms with van der Waals surface area (Å²) >= 11 is 0.